The van der Waals surface area contributed by atoms with Crippen LogP contribution < -0.4 is 10.1 Å². The molecule has 0 aliphatic carbocycles. The van der Waals surface area contributed by atoms with Gasteiger partial charge in [-0.05, 0) is 19.9 Å². The second kappa shape index (κ2) is 9.44. The molecule has 0 bridgehead atoms. The van der Waals surface area contributed by atoms with E-state index in [1.807, 2.05) is 13.8 Å². The Labute approximate surface area is 136 Å². The summed E-state index contributed by atoms with van der Waals surface area (Å²) >= 11 is 0. The van der Waals surface area contributed by atoms with E-state index in [0.717, 1.165) is 6.42 Å². The van der Waals surface area contributed by atoms with Crippen LogP contribution in [-0.2, 0) is 14.2 Å². The lowest BCUT2D eigenvalue weighted by atomic mass is 10.2. The van der Waals surface area contributed by atoms with Gasteiger partial charge in [0, 0.05) is 37.5 Å². The normalized spacial score (nSPS) is 17.4. The van der Waals surface area contributed by atoms with Crippen molar-refractivity contribution in [1.29, 1.82) is 0 Å². The third-order valence-electron chi connectivity index (χ3n) is 3.31. The number of rotatable bonds is 9. The van der Waals surface area contributed by atoms with E-state index in [9.17, 15) is 4.79 Å². The molecule has 0 radical (unpaired) electrons. The summed E-state index contributed by atoms with van der Waals surface area (Å²) in [7, 11) is 0. The smallest absolute Gasteiger partial charge is 0.251 e. The van der Waals surface area contributed by atoms with Crippen LogP contribution in [0, 0.1) is 0 Å². The third-order valence-corrected chi connectivity index (χ3v) is 3.31. The molecule has 1 aliphatic heterocycles. The summed E-state index contributed by atoms with van der Waals surface area (Å²) in [5.74, 6) is 0.212. The van der Waals surface area contributed by atoms with Crippen molar-refractivity contribution in [3.63, 3.8) is 0 Å². The molecule has 1 unspecified atom stereocenters. The first-order chi connectivity index (χ1) is 11.2. The summed E-state index contributed by atoms with van der Waals surface area (Å²) in [4.78, 5) is 16.3. The maximum Gasteiger partial charge on any atom is 0.251 e. The molecule has 1 saturated heterocycles. The largest absolute Gasteiger partial charge is 0.472 e. The number of nitrogens with one attached hydrogen (secondary N) is 1. The standard InChI is InChI=1S/C16H24N2O5/c1-3-21-15(22-4-2)10-18-16(19)12-5-7-17-14(9-12)23-13-6-8-20-11-13/h5,7,9,13,15H,3-4,6,8,10-11H2,1-2H3,(H,18,19). The minimum Gasteiger partial charge on any atom is -0.472 e. The predicted molar refractivity (Wildman–Crippen MR) is 83.5 cm³/mol. The molecule has 0 spiro atoms. The molecule has 2 rings (SSSR count). The number of pyridine rings is 1. The lowest BCUT2D eigenvalue weighted by molar-refractivity contribution is -0.131. The zero-order valence-electron chi connectivity index (χ0n) is 13.6. The minimum atomic E-state index is -0.442. The summed E-state index contributed by atoms with van der Waals surface area (Å²) in [6, 6.07) is 3.27. The Morgan fingerprint density at radius 2 is 2.22 bits per heavy atom. The van der Waals surface area contributed by atoms with Gasteiger partial charge in [0.25, 0.3) is 5.91 Å². The Morgan fingerprint density at radius 3 is 2.87 bits per heavy atom. The van der Waals surface area contributed by atoms with Crippen LogP contribution in [0.4, 0.5) is 0 Å². The Balaban J connectivity index is 1.88. The summed E-state index contributed by atoms with van der Waals surface area (Å²) in [6.07, 6.45) is 1.95. The molecule has 1 aliphatic rings. The highest BCUT2D eigenvalue weighted by Gasteiger charge is 2.18. The highest BCUT2D eigenvalue weighted by Crippen LogP contribution is 2.15. The first kappa shape index (κ1) is 17.7. The lowest BCUT2D eigenvalue weighted by Crippen LogP contribution is -2.35. The van der Waals surface area contributed by atoms with Gasteiger partial charge in [-0.15, -0.1) is 0 Å². The third kappa shape index (κ3) is 5.78. The molecule has 1 atom stereocenters. The predicted octanol–water partition coefficient (Wildman–Crippen LogP) is 1.38. The van der Waals surface area contributed by atoms with E-state index in [-0.39, 0.29) is 18.6 Å². The van der Waals surface area contributed by atoms with Gasteiger partial charge in [0.15, 0.2) is 6.29 Å². The number of aromatic nitrogens is 1. The van der Waals surface area contributed by atoms with Crippen LogP contribution in [0.5, 0.6) is 5.88 Å². The van der Waals surface area contributed by atoms with Gasteiger partial charge in [-0.3, -0.25) is 4.79 Å². The van der Waals surface area contributed by atoms with Gasteiger partial charge in [-0.1, -0.05) is 0 Å². The quantitative estimate of drug-likeness (QED) is 0.691. The van der Waals surface area contributed by atoms with Crippen LogP contribution in [0.3, 0.4) is 0 Å². The molecule has 2 heterocycles. The number of ether oxygens (including phenoxy) is 4. The molecule has 7 nitrogen and oxygen atoms in total. The second-order valence-corrected chi connectivity index (χ2v) is 5.04. The van der Waals surface area contributed by atoms with Gasteiger partial charge < -0.3 is 24.3 Å². The van der Waals surface area contributed by atoms with Crippen molar-refractivity contribution in [3.8, 4) is 5.88 Å². The van der Waals surface area contributed by atoms with Gasteiger partial charge in [0.05, 0.1) is 19.8 Å². The molecule has 0 aromatic carbocycles. The number of nitrogens with zero attached hydrogens (tertiary/aromatic N) is 1. The van der Waals surface area contributed by atoms with E-state index in [0.29, 0.717) is 37.9 Å². The number of hydrogen-bond acceptors (Lipinski definition) is 6. The van der Waals surface area contributed by atoms with Crippen molar-refractivity contribution in [2.75, 3.05) is 33.0 Å². The fraction of sp³-hybridized carbons (Fsp3) is 0.625. The maximum absolute atomic E-state index is 12.2. The Hall–Kier alpha value is -1.70. The van der Waals surface area contributed by atoms with Crippen molar-refractivity contribution in [1.82, 2.24) is 10.3 Å². The van der Waals surface area contributed by atoms with E-state index in [4.69, 9.17) is 18.9 Å². The van der Waals surface area contributed by atoms with Crippen molar-refractivity contribution in [3.05, 3.63) is 23.9 Å². The summed E-state index contributed by atoms with van der Waals surface area (Å²) in [6.45, 7) is 6.35. The zero-order chi connectivity index (χ0) is 16.5. The molecule has 1 N–H and O–H groups in total. The van der Waals surface area contributed by atoms with Crippen molar-refractivity contribution in [2.45, 2.75) is 32.7 Å². The van der Waals surface area contributed by atoms with Crippen LogP contribution in [0.25, 0.3) is 0 Å². The van der Waals surface area contributed by atoms with E-state index in [1.54, 1.807) is 18.3 Å². The second-order valence-electron chi connectivity index (χ2n) is 5.04. The molecule has 1 amide bonds. The molecule has 1 fully saturated rings. The van der Waals surface area contributed by atoms with E-state index in [1.165, 1.54) is 0 Å². The van der Waals surface area contributed by atoms with Gasteiger partial charge in [-0.2, -0.15) is 0 Å². The SMILES string of the molecule is CCOC(CNC(=O)c1ccnc(OC2CCOC2)c1)OCC. The van der Waals surface area contributed by atoms with Gasteiger partial charge in [0.2, 0.25) is 5.88 Å². The monoisotopic (exact) mass is 324 g/mol. The highest BCUT2D eigenvalue weighted by atomic mass is 16.7. The number of carbonyl (C=O) groups excluding carboxylic acids is 1. The molecular weight excluding hydrogens is 300 g/mol. The van der Waals surface area contributed by atoms with Crippen LogP contribution in [-0.4, -0.2) is 56.3 Å². The van der Waals surface area contributed by atoms with Gasteiger partial charge in [0.1, 0.15) is 6.10 Å². The van der Waals surface area contributed by atoms with Crippen LogP contribution in [0.2, 0.25) is 0 Å². The number of carbonyl (C=O) groups is 1. The van der Waals surface area contributed by atoms with Crippen molar-refractivity contribution < 1.29 is 23.7 Å². The van der Waals surface area contributed by atoms with E-state index < -0.39 is 6.29 Å². The van der Waals surface area contributed by atoms with Crippen LogP contribution in [0.1, 0.15) is 30.6 Å². The minimum absolute atomic E-state index is 0.00102. The van der Waals surface area contributed by atoms with Gasteiger partial charge in [-0.25, -0.2) is 4.98 Å². The zero-order valence-corrected chi connectivity index (χ0v) is 13.6. The average molecular weight is 324 g/mol. The Kier molecular flexibility index (Phi) is 7.25. The van der Waals surface area contributed by atoms with Crippen molar-refractivity contribution >= 4 is 5.91 Å². The topological polar surface area (TPSA) is 78.9 Å². The Morgan fingerprint density at radius 1 is 1.43 bits per heavy atom. The molecule has 23 heavy (non-hydrogen) atoms. The Bertz CT molecular complexity index is 485. The lowest BCUT2D eigenvalue weighted by Gasteiger charge is -2.17. The fourth-order valence-electron chi connectivity index (χ4n) is 2.21. The fourth-order valence-corrected chi connectivity index (χ4v) is 2.21. The number of amides is 1. The molecule has 128 valence electrons. The highest BCUT2D eigenvalue weighted by molar-refractivity contribution is 5.94. The molecule has 7 heteroatoms. The van der Waals surface area contributed by atoms with Crippen LogP contribution in [0.15, 0.2) is 18.3 Å². The summed E-state index contributed by atoms with van der Waals surface area (Å²) in [5, 5.41) is 2.79. The molecular formula is C16H24N2O5. The summed E-state index contributed by atoms with van der Waals surface area (Å²) in [5.41, 5.74) is 0.487. The van der Waals surface area contributed by atoms with Gasteiger partial charge >= 0.3 is 0 Å². The average Bonchev–Trinajstić information content (AvgIpc) is 3.06. The van der Waals surface area contributed by atoms with E-state index >= 15 is 0 Å². The maximum atomic E-state index is 12.2. The molecule has 1 aromatic heterocycles. The van der Waals surface area contributed by atoms with Crippen LogP contribution >= 0.6 is 0 Å². The first-order valence-electron chi connectivity index (χ1n) is 7.94. The van der Waals surface area contributed by atoms with Crippen molar-refractivity contribution in [2.24, 2.45) is 0 Å². The summed E-state index contributed by atoms with van der Waals surface area (Å²) < 4.78 is 21.7. The number of hydrogen-bond donors (Lipinski definition) is 1. The first-order valence-corrected chi connectivity index (χ1v) is 7.94. The molecule has 0 saturated carbocycles. The van der Waals surface area contributed by atoms with E-state index in [2.05, 4.69) is 10.3 Å². The molecule has 1 aromatic rings.